The van der Waals surface area contributed by atoms with Gasteiger partial charge in [0.15, 0.2) is 0 Å². The molecule has 1 aromatic rings. The zero-order valence-electron chi connectivity index (χ0n) is 8.31. The Balaban J connectivity index is 2.96. The molecule has 0 heterocycles. The summed E-state index contributed by atoms with van der Waals surface area (Å²) in [6, 6.07) is 10.7. The molecule has 0 saturated heterocycles. The summed E-state index contributed by atoms with van der Waals surface area (Å²) in [7, 11) is 0. The molecule has 0 nitrogen and oxygen atoms in total. The smallest absolute Gasteiger partial charge is 0.0102 e. The van der Waals surface area contributed by atoms with Gasteiger partial charge in [0, 0.05) is 0 Å². The molecular formula is C12H16. The van der Waals surface area contributed by atoms with Crippen molar-refractivity contribution in [3.63, 3.8) is 0 Å². The van der Waals surface area contributed by atoms with Crippen LogP contribution in [-0.4, -0.2) is 0 Å². The molecule has 2 radical (unpaired) electrons. The fraction of sp³-hybridized carbons (Fsp3) is 0.500. The highest BCUT2D eigenvalue weighted by Gasteiger charge is 2.03. The van der Waals surface area contributed by atoms with Crippen molar-refractivity contribution in [3.8, 4) is 0 Å². The quantitative estimate of drug-likeness (QED) is 0.620. The lowest BCUT2D eigenvalue weighted by molar-refractivity contribution is 0.829. The third kappa shape index (κ3) is 2.10. The van der Waals surface area contributed by atoms with Crippen LogP contribution in [-0.2, 0) is 0 Å². The molecule has 1 aromatic carbocycles. The molecule has 0 N–H and O–H groups in total. The molecule has 0 spiro atoms. The van der Waals surface area contributed by atoms with Crippen LogP contribution in [0, 0.1) is 12.1 Å². The van der Waals surface area contributed by atoms with Gasteiger partial charge in [-0.2, -0.15) is 0 Å². The molecule has 0 aliphatic rings. The van der Waals surface area contributed by atoms with E-state index in [1.54, 1.807) is 0 Å². The Morgan fingerprint density at radius 3 is 2.25 bits per heavy atom. The van der Waals surface area contributed by atoms with Crippen molar-refractivity contribution in [2.75, 3.05) is 0 Å². The van der Waals surface area contributed by atoms with E-state index in [1.165, 1.54) is 11.1 Å². The van der Waals surface area contributed by atoms with Crippen molar-refractivity contribution in [2.24, 2.45) is 0 Å². The van der Waals surface area contributed by atoms with Crippen LogP contribution in [0.15, 0.2) is 12.1 Å². The van der Waals surface area contributed by atoms with Gasteiger partial charge in [0.1, 0.15) is 0 Å². The highest BCUT2D eigenvalue weighted by atomic mass is 14.1. The van der Waals surface area contributed by atoms with E-state index in [1.807, 2.05) is 6.07 Å². The Kier molecular flexibility index (Phi) is 2.91. The SMILES string of the molecule is CC(C)c1[c]ccc(C(C)C)[c]1. The summed E-state index contributed by atoms with van der Waals surface area (Å²) in [5.41, 5.74) is 2.48. The molecule has 0 bridgehead atoms. The van der Waals surface area contributed by atoms with Crippen molar-refractivity contribution in [1.29, 1.82) is 0 Å². The van der Waals surface area contributed by atoms with E-state index in [4.69, 9.17) is 0 Å². The molecule has 0 amide bonds. The van der Waals surface area contributed by atoms with E-state index in [0.29, 0.717) is 11.8 Å². The molecular weight excluding hydrogens is 144 g/mol. The van der Waals surface area contributed by atoms with Crippen molar-refractivity contribution < 1.29 is 0 Å². The monoisotopic (exact) mass is 160 g/mol. The second-order valence-corrected chi connectivity index (χ2v) is 3.78. The van der Waals surface area contributed by atoms with Crippen LogP contribution in [0.3, 0.4) is 0 Å². The average Bonchev–Trinajstić information content (AvgIpc) is 2.04. The van der Waals surface area contributed by atoms with Crippen molar-refractivity contribution in [3.05, 3.63) is 35.4 Å². The van der Waals surface area contributed by atoms with Crippen LogP contribution in [0.2, 0.25) is 0 Å². The Labute approximate surface area is 75.6 Å². The highest BCUT2D eigenvalue weighted by Crippen LogP contribution is 2.19. The molecule has 0 saturated carbocycles. The average molecular weight is 160 g/mol. The molecule has 0 atom stereocenters. The molecule has 0 aliphatic heterocycles. The molecule has 0 aliphatic carbocycles. The maximum absolute atomic E-state index is 3.39. The van der Waals surface area contributed by atoms with Gasteiger partial charge in [0.2, 0.25) is 0 Å². The normalized spacial score (nSPS) is 11.2. The fourth-order valence-corrected chi connectivity index (χ4v) is 1.10. The summed E-state index contributed by atoms with van der Waals surface area (Å²) in [5.74, 6) is 1.10. The van der Waals surface area contributed by atoms with Crippen LogP contribution in [0.4, 0.5) is 0 Å². The molecule has 0 heteroatoms. The maximum atomic E-state index is 3.39. The Hall–Kier alpha value is -0.780. The van der Waals surface area contributed by atoms with Gasteiger partial charge < -0.3 is 0 Å². The minimum Gasteiger partial charge on any atom is -0.0587 e. The van der Waals surface area contributed by atoms with Crippen molar-refractivity contribution >= 4 is 0 Å². The molecule has 0 fully saturated rings. The highest BCUT2D eigenvalue weighted by molar-refractivity contribution is 5.24. The summed E-state index contributed by atoms with van der Waals surface area (Å²) in [6.07, 6.45) is 0. The van der Waals surface area contributed by atoms with Gasteiger partial charge >= 0.3 is 0 Å². The number of hydrogen-bond donors (Lipinski definition) is 0. The zero-order chi connectivity index (χ0) is 9.14. The second-order valence-electron chi connectivity index (χ2n) is 3.78. The predicted octanol–water partition coefficient (Wildman–Crippen LogP) is 3.53. The number of rotatable bonds is 2. The van der Waals surface area contributed by atoms with Crippen LogP contribution in [0.25, 0.3) is 0 Å². The Morgan fingerprint density at radius 2 is 1.75 bits per heavy atom. The van der Waals surface area contributed by atoms with Gasteiger partial charge in [-0.15, -0.1) is 0 Å². The molecule has 0 aromatic heterocycles. The first-order valence-corrected chi connectivity index (χ1v) is 4.55. The summed E-state index contributed by atoms with van der Waals surface area (Å²) >= 11 is 0. The standard InChI is InChI=1S/C12H16/c1-9(2)11-6-5-7-12(8-11)10(3)4/h5-6,9-10H,1-4H3. The van der Waals surface area contributed by atoms with E-state index in [2.05, 4.69) is 45.9 Å². The number of benzene rings is 1. The Bertz CT molecular complexity index is 223. The summed E-state index contributed by atoms with van der Waals surface area (Å²) in [5, 5.41) is 0. The Morgan fingerprint density at radius 1 is 1.08 bits per heavy atom. The van der Waals surface area contributed by atoms with Crippen LogP contribution in [0.1, 0.15) is 50.7 Å². The fourth-order valence-electron chi connectivity index (χ4n) is 1.10. The molecule has 0 unspecified atom stereocenters. The maximum Gasteiger partial charge on any atom is -0.0102 e. The van der Waals surface area contributed by atoms with Gasteiger partial charge in [-0.1, -0.05) is 39.8 Å². The lowest BCUT2D eigenvalue weighted by Gasteiger charge is -2.08. The van der Waals surface area contributed by atoms with Gasteiger partial charge in [-0.3, -0.25) is 0 Å². The first kappa shape index (κ1) is 9.31. The molecule has 1 rings (SSSR count). The first-order valence-electron chi connectivity index (χ1n) is 4.55. The van der Waals surface area contributed by atoms with E-state index >= 15 is 0 Å². The van der Waals surface area contributed by atoms with E-state index < -0.39 is 0 Å². The van der Waals surface area contributed by atoms with Crippen LogP contribution in [0.5, 0.6) is 0 Å². The largest absolute Gasteiger partial charge is 0.0587 e. The summed E-state index contributed by atoms with van der Waals surface area (Å²) in [6.45, 7) is 8.73. The lowest BCUT2D eigenvalue weighted by atomic mass is 9.96. The van der Waals surface area contributed by atoms with E-state index in [9.17, 15) is 0 Å². The lowest BCUT2D eigenvalue weighted by Crippen LogP contribution is -1.93. The van der Waals surface area contributed by atoms with Gasteiger partial charge in [0.05, 0.1) is 0 Å². The van der Waals surface area contributed by atoms with Crippen LogP contribution < -0.4 is 0 Å². The van der Waals surface area contributed by atoms with Crippen molar-refractivity contribution in [2.45, 2.75) is 39.5 Å². The van der Waals surface area contributed by atoms with E-state index in [-0.39, 0.29) is 0 Å². The van der Waals surface area contributed by atoms with Gasteiger partial charge in [-0.05, 0) is 35.1 Å². The van der Waals surface area contributed by atoms with Crippen LogP contribution >= 0.6 is 0 Å². The summed E-state index contributed by atoms with van der Waals surface area (Å²) < 4.78 is 0. The van der Waals surface area contributed by atoms with Gasteiger partial charge in [0.25, 0.3) is 0 Å². The topological polar surface area (TPSA) is 0 Å². The van der Waals surface area contributed by atoms with Crippen molar-refractivity contribution in [1.82, 2.24) is 0 Å². The zero-order valence-corrected chi connectivity index (χ0v) is 8.31. The van der Waals surface area contributed by atoms with Gasteiger partial charge in [-0.25, -0.2) is 0 Å². The molecule has 12 heavy (non-hydrogen) atoms. The third-order valence-electron chi connectivity index (χ3n) is 1.98. The van der Waals surface area contributed by atoms with E-state index in [0.717, 1.165) is 0 Å². The first-order chi connectivity index (χ1) is 5.61. The number of hydrogen-bond acceptors (Lipinski definition) is 0. The second kappa shape index (κ2) is 3.75. The predicted molar refractivity (Wildman–Crippen MR) is 52.3 cm³/mol. The third-order valence-corrected chi connectivity index (χ3v) is 1.98. The summed E-state index contributed by atoms with van der Waals surface area (Å²) in [4.78, 5) is 0. The minimum atomic E-state index is 0.531. The minimum absolute atomic E-state index is 0.531. The molecule has 64 valence electrons.